The summed E-state index contributed by atoms with van der Waals surface area (Å²) in [4.78, 5) is 0. The van der Waals surface area contributed by atoms with E-state index in [1.54, 1.807) is 0 Å². The lowest BCUT2D eigenvalue weighted by Crippen LogP contribution is -2.40. The van der Waals surface area contributed by atoms with Crippen LogP contribution in [0.4, 0.5) is 0 Å². The van der Waals surface area contributed by atoms with Crippen LogP contribution in [0.1, 0.15) is 526 Å². The molecule has 0 aliphatic heterocycles. The van der Waals surface area contributed by atoms with Crippen LogP contribution in [0, 0.1) is 53.4 Å². The molecule has 4 aliphatic rings. The van der Waals surface area contributed by atoms with E-state index in [0.29, 0.717) is 71.0 Å². The molecule has 0 amide bonds. The highest BCUT2D eigenvalue weighted by Gasteiger charge is 2.36. The Morgan fingerprint density at radius 2 is 0.419 bits per heavy atom. The van der Waals surface area contributed by atoms with Crippen molar-refractivity contribution in [2.45, 2.75) is 445 Å². The summed E-state index contributed by atoms with van der Waals surface area (Å²) < 4.78 is 0. The molecule has 0 nitrogen and oxygen atoms in total. The van der Waals surface area contributed by atoms with Crippen molar-refractivity contribution in [2.75, 3.05) is 0 Å². The van der Waals surface area contributed by atoms with E-state index in [0.717, 1.165) is 25.7 Å². The monoisotopic (exact) mass is 1990 g/mol. The summed E-state index contributed by atoms with van der Waals surface area (Å²) in [6.07, 6.45) is 19.6. The molecule has 148 heavy (non-hydrogen) atoms. The van der Waals surface area contributed by atoms with Crippen molar-refractivity contribution in [2.24, 2.45) is 11.8 Å². The highest BCUT2D eigenvalue weighted by molar-refractivity contribution is 5.91. The largest absolute Gasteiger partial charge is 0.0776 e. The molecule has 804 valence electrons. The van der Waals surface area contributed by atoms with E-state index in [1.807, 2.05) is 55.4 Å². The second-order valence-corrected chi connectivity index (χ2v) is 43.9. The summed E-state index contributed by atoms with van der Waals surface area (Å²) in [5, 5.41) is 11.0. The molecule has 12 aromatic carbocycles. The zero-order valence-electron chi connectivity index (χ0n) is 94.9. The molecule has 0 saturated heterocycles. The van der Waals surface area contributed by atoms with E-state index in [-0.39, 0.29) is 83.1 Å². The topological polar surface area (TPSA) is 0 Å². The fourth-order valence-corrected chi connectivity index (χ4v) is 23.4. The van der Waals surface area contributed by atoms with Crippen molar-refractivity contribution >= 4 is 47.6 Å². The number of benzene rings is 12. The SMILES string of the molecule is C.C.C.C.C.C.C.C.CC.CC.CC.CC.Cc1c(-c2cc3c(c(C4=c5ccccc5=CC(c5cccc(-c6c(C(C)C)cc(C(C)C)cc6C(C)C)c5C)[C@H]4C)c2C)=CCCC=3)cccc1-c1c(C(C)C)cc(C(C)C)cc1C(C)C.Cc1c(-c2cc3c(c(C4=c5ccccc5=C[C@H](c5cccc(-c6c(C(C)C)cc(C(C)C)cc6C(C)C)c5C)C4C)c2C)=CCCC=3)cccc1-c1c(C(C)C)cc(C(C)C)cc1C(C)C. The number of fused-ring (bicyclic) bond motifs is 4. The van der Waals surface area contributed by atoms with Crippen molar-refractivity contribution in [1.82, 2.24) is 0 Å². The van der Waals surface area contributed by atoms with Crippen LogP contribution in [0.25, 0.3) is 114 Å². The lowest BCUT2D eigenvalue weighted by molar-refractivity contribution is 0.670. The molecule has 12 aromatic rings. The van der Waals surface area contributed by atoms with Gasteiger partial charge in [0.1, 0.15) is 0 Å². The summed E-state index contributed by atoms with van der Waals surface area (Å²) in [5.74, 6) is 6.21. The van der Waals surface area contributed by atoms with Crippen LogP contribution in [-0.2, 0) is 0 Å². The number of hydrogen-bond acceptors (Lipinski definition) is 0. The molecule has 0 aromatic heterocycles. The van der Waals surface area contributed by atoms with Crippen LogP contribution < -0.4 is 41.7 Å². The highest BCUT2D eigenvalue weighted by Crippen LogP contribution is 2.51. The van der Waals surface area contributed by atoms with Crippen LogP contribution in [0.3, 0.4) is 0 Å². The zero-order valence-corrected chi connectivity index (χ0v) is 94.9. The minimum atomic E-state index is 0. The molecule has 16 rings (SSSR count). The molecule has 2 unspecified atom stereocenters. The first-order chi connectivity index (χ1) is 66.8. The molecule has 0 N–H and O–H groups in total. The fourth-order valence-electron chi connectivity index (χ4n) is 23.4. The highest BCUT2D eigenvalue weighted by atomic mass is 14.4. The first kappa shape index (κ1) is 132. The maximum Gasteiger partial charge on any atom is 0.00965 e. The van der Waals surface area contributed by atoms with Crippen molar-refractivity contribution in [1.29, 1.82) is 0 Å². The van der Waals surface area contributed by atoms with Crippen molar-refractivity contribution in [3.05, 3.63) is 346 Å². The minimum Gasteiger partial charge on any atom is -0.0776 e. The number of hydrogen-bond donors (Lipinski definition) is 0. The van der Waals surface area contributed by atoms with Gasteiger partial charge in [-0.3, -0.25) is 0 Å². The van der Waals surface area contributed by atoms with Gasteiger partial charge in [-0.1, -0.05) is 501 Å². The van der Waals surface area contributed by atoms with Crippen LogP contribution in [0.2, 0.25) is 0 Å². The molecule has 0 saturated carbocycles. The van der Waals surface area contributed by atoms with Gasteiger partial charge in [0.15, 0.2) is 0 Å². The molecule has 4 atom stereocenters. The predicted octanol–water partition coefficient (Wildman–Crippen LogP) is 41.4. The Labute approximate surface area is 910 Å². The molecule has 0 fully saturated rings. The van der Waals surface area contributed by atoms with E-state index in [2.05, 4.69) is 440 Å². The minimum absolute atomic E-state index is 0. The molecule has 0 radical (unpaired) electrons. The summed E-state index contributed by atoms with van der Waals surface area (Å²) in [5.41, 5.74) is 51.4. The molecule has 0 heterocycles. The average Bonchev–Trinajstić information content (AvgIpc) is 0.727. The predicted molar refractivity (Wildman–Crippen MR) is 679 cm³/mol. The van der Waals surface area contributed by atoms with Gasteiger partial charge in [-0.05, 0) is 404 Å². The molecule has 0 bridgehead atoms. The van der Waals surface area contributed by atoms with Crippen molar-refractivity contribution in [3.8, 4) is 66.8 Å². The van der Waals surface area contributed by atoms with E-state index in [1.165, 1.54) is 242 Å². The van der Waals surface area contributed by atoms with E-state index >= 15 is 0 Å². The van der Waals surface area contributed by atoms with E-state index in [4.69, 9.17) is 0 Å². The number of rotatable bonds is 22. The third kappa shape index (κ3) is 26.3. The smallest absolute Gasteiger partial charge is 0.00965 e. The van der Waals surface area contributed by atoms with Crippen LogP contribution in [-0.4, -0.2) is 0 Å². The Morgan fingerprint density at radius 1 is 0.203 bits per heavy atom. The summed E-state index contributed by atoms with van der Waals surface area (Å²) in [6, 6.07) is 72.3. The Morgan fingerprint density at radius 3 is 0.655 bits per heavy atom. The Balaban J connectivity index is 0.000000678. The van der Waals surface area contributed by atoms with Gasteiger partial charge in [0.2, 0.25) is 0 Å². The van der Waals surface area contributed by atoms with Crippen LogP contribution in [0.15, 0.2) is 182 Å². The average molecular weight is 1990 g/mol. The molecule has 0 heteroatoms. The Kier molecular flexibility index (Phi) is 50.9. The Bertz CT molecular complexity index is 6470. The van der Waals surface area contributed by atoms with Crippen LogP contribution in [0.5, 0.6) is 0 Å². The van der Waals surface area contributed by atoms with Gasteiger partial charge in [-0.2, -0.15) is 0 Å². The van der Waals surface area contributed by atoms with Gasteiger partial charge in [0.05, 0.1) is 0 Å². The molecule has 0 spiro atoms. The van der Waals surface area contributed by atoms with Gasteiger partial charge in [-0.25, -0.2) is 0 Å². The van der Waals surface area contributed by atoms with E-state index < -0.39 is 0 Å². The Hall–Kier alpha value is -10.4. The van der Waals surface area contributed by atoms with Gasteiger partial charge in [-0.15, -0.1) is 0 Å². The quantitative estimate of drug-likeness (QED) is 0.0634. The first-order valence-electron chi connectivity index (χ1n) is 55.2. The zero-order chi connectivity index (χ0) is 103. The second-order valence-electron chi connectivity index (χ2n) is 43.9. The summed E-state index contributed by atoms with van der Waals surface area (Å²) in [6.45, 7) is 92.2. The first-order valence-corrected chi connectivity index (χ1v) is 55.2. The normalized spacial score (nSPS) is 14.4. The summed E-state index contributed by atoms with van der Waals surface area (Å²) >= 11 is 0. The molecule has 4 aliphatic carbocycles. The summed E-state index contributed by atoms with van der Waals surface area (Å²) in [7, 11) is 0. The van der Waals surface area contributed by atoms with E-state index in [9.17, 15) is 0 Å². The lowest BCUT2D eigenvalue weighted by Gasteiger charge is -2.32. The standard InChI is InChI=1S/2C66H78.4C2H6.8CH4/c2*1-37(2)49-33-57(39(5)6)65(58(34-49)40(7)8)53-29-21-27-51(43(53)13)61-31-47-23-17-19-25-55(47)63(45(61)15)64-46(16)62(32-48-24-18-20-26-56(48)64)52-28-22-30-54(44(52)14)66-59(41(9)10)35-50(38(3)4)36-60(66)42(11)12;4*1-2;;;;;;;;/h2*17,19,21-42,45,61H,18,20H2,1-16H3;4*1-2H3;8*1H4/t45?,61-;45-,61?;;;;;;;;;;;;/m01............/s1. The van der Waals surface area contributed by atoms with Crippen molar-refractivity contribution < 1.29 is 0 Å². The van der Waals surface area contributed by atoms with Gasteiger partial charge >= 0.3 is 0 Å². The third-order valence-electron chi connectivity index (χ3n) is 31.1. The van der Waals surface area contributed by atoms with Crippen molar-refractivity contribution in [3.63, 3.8) is 0 Å². The fraction of sp³-hybridized carbons (Fsp3) is 0.459. The maximum atomic E-state index is 2.60. The lowest BCUT2D eigenvalue weighted by atomic mass is 9.71. The second kappa shape index (κ2) is 57.2. The van der Waals surface area contributed by atoms with Gasteiger partial charge in [0.25, 0.3) is 0 Å². The third-order valence-corrected chi connectivity index (χ3v) is 31.1. The van der Waals surface area contributed by atoms with Gasteiger partial charge in [0, 0.05) is 11.8 Å². The molecular formula is C148H212. The van der Waals surface area contributed by atoms with Crippen LogP contribution >= 0.6 is 0 Å². The van der Waals surface area contributed by atoms with Gasteiger partial charge < -0.3 is 0 Å². The molecular weight excluding hydrogens is 1780 g/mol. The maximum absolute atomic E-state index is 2.60.